The number of ether oxygens (including phenoxy) is 1. The fourth-order valence-corrected chi connectivity index (χ4v) is 4.63. The molecule has 2 aliphatic rings. The highest BCUT2D eigenvalue weighted by Crippen LogP contribution is 2.20. The predicted octanol–water partition coefficient (Wildman–Crippen LogP) is 4.86. The van der Waals surface area contributed by atoms with Crippen LogP contribution in [0, 0.1) is 0 Å². The molecule has 5 rings (SSSR count). The second-order valence-electron chi connectivity index (χ2n) is 9.28. The number of carbonyl (C=O) groups excluding carboxylic acids is 2. The molecule has 8 nitrogen and oxygen atoms in total. The Hall–Kier alpha value is -4.04. The summed E-state index contributed by atoms with van der Waals surface area (Å²) in [5, 5.41) is 5.94. The van der Waals surface area contributed by atoms with Crippen molar-refractivity contribution in [3.05, 3.63) is 94.5 Å². The molecule has 2 heterocycles. The number of hydrogen-bond donors (Lipinski definition) is 4. The molecule has 3 aromatic carbocycles. The number of fused-ring (bicyclic) bond motifs is 2. The molecule has 2 aliphatic heterocycles. The van der Waals surface area contributed by atoms with Crippen molar-refractivity contribution in [1.82, 2.24) is 10.2 Å². The molecule has 8 heteroatoms. The van der Waals surface area contributed by atoms with E-state index >= 15 is 0 Å². The molecule has 0 radical (unpaired) electrons. The van der Waals surface area contributed by atoms with Gasteiger partial charge in [0, 0.05) is 36.3 Å². The van der Waals surface area contributed by atoms with E-state index in [2.05, 4.69) is 22.8 Å². The summed E-state index contributed by atoms with van der Waals surface area (Å²) in [6.07, 6.45) is 3.47. The Morgan fingerprint density at radius 3 is 2.30 bits per heavy atom. The van der Waals surface area contributed by atoms with Gasteiger partial charge in [-0.1, -0.05) is 42.5 Å². The molecule has 0 saturated carbocycles. The Labute approximate surface area is 230 Å². The Balaban J connectivity index is 0.000000735. The molecule has 0 bridgehead atoms. The van der Waals surface area contributed by atoms with E-state index in [1.165, 1.54) is 22.3 Å². The SMILES string of the molecule is NC(=O)Nc1ccc2c(c1)CCNCC2.Nc1ccc2c(c1)CCN(C(=O)OCc1ccccc1)CC2.[2H][2H].[2H][2H].[2H][2H].[2H][2H]. The molecule has 37 heavy (non-hydrogen) atoms. The summed E-state index contributed by atoms with van der Waals surface area (Å²) < 4.78 is 45.4. The lowest BCUT2D eigenvalue weighted by molar-refractivity contribution is 0.0977. The maximum absolute atomic E-state index is 12.2. The minimum absolute atomic E-state index is 0.246. The summed E-state index contributed by atoms with van der Waals surface area (Å²) in [5.74, 6) is 0. The van der Waals surface area contributed by atoms with Crippen LogP contribution in [0.5, 0.6) is 0 Å². The van der Waals surface area contributed by atoms with Crippen molar-refractivity contribution in [3.8, 4) is 0 Å². The third-order valence-electron chi connectivity index (χ3n) is 6.61. The second-order valence-corrected chi connectivity index (χ2v) is 9.28. The Morgan fingerprint density at radius 2 is 1.54 bits per heavy atom. The summed E-state index contributed by atoms with van der Waals surface area (Å²) in [6, 6.07) is 21.2. The van der Waals surface area contributed by atoms with Crippen LogP contribution >= 0.6 is 0 Å². The Kier molecular flexibility index (Phi) is 7.28. The predicted molar refractivity (Wildman–Crippen MR) is 155 cm³/mol. The first kappa shape index (κ1) is 21.1. The molecule has 6 N–H and O–H groups in total. The first-order valence-corrected chi connectivity index (χ1v) is 12.7. The minimum Gasteiger partial charge on any atom is -0.445 e. The van der Waals surface area contributed by atoms with Crippen molar-refractivity contribution >= 4 is 23.5 Å². The van der Waals surface area contributed by atoms with Gasteiger partial charge in [0.25, 0.3) is 0 Å². The van der Waals surface area contributed by atoms with Crippen LogP contribution in [0.25, 0.3) is 0 Å². The van der Waals surface area contributed by atoms with Crippen LogP contribution < -0.4 is 22.1 Å². The maximum atomic E-state index is 12.2. The lowest BCUT2D eigenvalue weighted by Gasteiger charge is -2.19. The molecule has 0 fully saturated rings. The second kappa shape index (κ2) is 12.8. The largest absolute Gasteiger partial charge is 0.445 e. The molecule has 0 unspecified atom stereocenters. The number of nitrogens with one attached hydrogen (secondary N) is 2. The van der Waals surface area contributed by atoms with E-state index < -0.39 is 6.03 Å². The Morgan fingerprint density at radius 1 is 0.892 bits per heavy atom. The van der Waals surface area contributed by atoms with Gasteiger partial charge in [-0.2, -0.15) is 0 Å². The van der Waals surface area contributed by atoms with E-state index in [1.807, 2.05) is 54.6 Å². The van der Waals surface area contributed by atoms with Gasteiger partial charge in [-0.25, -0.2) is 9.59 Å². The number of carbonyl (C=O) groups is 2. The van der Waals surface area contributed by atoms with Crippen LogP contribution in [-0.2, 0) is 37.0 Å². The highest BCUT2D eigenvalue weighted by molar-refractivity contribution is 5.87. The standard InChI is InChI=1S/C18H20N2O2.C11H15N3O.4H2/c19-17-7-6-15-8-10-20(11-9-16(15)12-17)18(21)22-13-14-4-2-1-3-5-14;12-11(15)14-10-2-1-8-3-5-13-6-4-9(8)7-10;;;;/h1-7,12H,8-11,13,19H2;1-2,7,13H,3-6H2,(H3,12,14,15);4*1H/i;;4*1+1D. The van der Waals surface area contributed by atoms with Crippen molar-refractivity contribution < 1.29 is 26.2 Å². The van der Waals surface area contributed by atoms with Crippen LogP contribution in [0.2, 0.25) is 0 Å². The van der Waals surface area contributed by atoms with Crippen molar-refractivity contribution in [2.45, 2.75) is 32.3 Å². The number of nitrogen functional groups attached to an aromatic ring is 1. The van der Waals surface area contributed by atoms with Gasteiger partial charge in [0.05, 0.1) is 0 Å². The van der Waals surface area contributed by atoms with Gasteiger partial charge in [0.15, 0.2) is 0 Å². The monoisotopic (exact) mass is 517 g/mol. The zero-order chi connectivity index (χ0) is 34.0. The summed E-state index contributed by atoms with van der Waals surface area (Å²) in [7, 11) is 0. The number of benzene rings is 3. The zero-order valence-corrected chi connectivity index (χ0v) is 21.0. The van der Waals surface area contributed by atoms with Crippen LogP contribution in [0.1, 0.15) is 39.7 Å². The Bertz CT molecular complexity index is 1250. The molecule has 202 valence electrons. The van der Waals surface area contributed by atoms with Gasteiger partial charge < -0.3 is 31.7 Å². The van der Waals surface area contributed by atoms with Crippen molar-refractivity contribution in [3.63, 3.8) is 0 Å². The van der Waals surface area contributed by atoms with Gasteiger partial charge in [0.1, 0.15) is 6.61 Å². The average molecular weight is 518 g/mol. The highest BCUT2D eigenvalue weighted by atomic mass is 16.6. The van der Waals surface area contributed by atoms with E-state index in [-0.39, 0.29) is 6.09 Å². The topological polar surface area (TPSA) is 123 Å². The summed E-state index contributed by atoms with van der Waals surface area (Å²) in [5.41, 5.74) is 18.6. The van der Waals surface area contributed by atoms with Gasteiger partial charge in [-0.05, 0) is 90.9 Å². The number of primary amides is 1. The molecule has 0 aromatic heterocycles. The lowest BCUT2D eigenvalue weighted by Crippen LogP contribution is -2.33. The molecule has 0 saturated heterocycles. The number of hydrogen-bond acceptors (Lipinski definition) is 5. The molecular formula is C29H43N5O3. The van der Waals surface area contributed by atoms with Gasteiger partial charge in [-0.15, -0.1) is 0 Å². The third-order valence-corrected chi connectivity index (χ3v) is 6.61. The number of nitrogens with two attached hydrogens (primary N) is 2. The first-order valence-electron chi connectivity index (χ1n) is 16.7. The van der Waals surface area contributed by atoms with Crippen molar-refractivity contribution in [2.75, 3.05) is 37.2 Å². The van der Waals surface area contributed by atoms with Crippen LogP contribution in [0.15, 0.2) is 66.7 Å². The lowest BCUT2D eigenvalue weighted by atomic mass is 10.0. The van der Waals surface area contributed by atoms with E-state index in [0.29, 0.717) is 19.7 Å². The van der Waals surface area contributed by atoms with Crippen LogP contribution in [-0.4, -0.2) is 43.2 Å². The fraction of sp³-hybridized carbons (Fsp3) is 0.310. The van der Waals surface area contributed by atoms with E-state index in [9.17, 15) is 9.59 Å². The molecule has 0 spiro atoms. The van der Waals surface area contributed by atoms with E-state index in [4.69, 9.17) is 28.1 Å². The molecule has 0 aliphatic carbocycles. The average Bonchev–Trinajstić information content (AvgIpc) is 3.46. The van der Waals surface area contributed by atoms with Gasteiger partial charge in [0.2, 0.25) is 0 Å². The van der Waals surface area contributed by atoms with Gasteiger partial charge >= 0.3 is 12.1 Å². The summed E-state index contributed by atoms with van der Waals surface area (Å²) in [4.78, 5) is 24.7. The number of urea groups is 1. The molecule has 3 amide bonds. The van der Waals surface area contributed by atoms with Crippen molar-refractivity contribution in [2.24, 2.45) is 5.73 Å². The third kappa shape index (κ3) is 7.72. The number of amides is 3. The fourth-order valence-electron chi connectivity index (χ4n) is 4.63. The summed E-state index contributed by atoms with van der Waals surface area (Å²) >= 11 is 0. The minimum atomic E-state index is -0.512. The number of anilines is 2. The normalized spacial score (nSPS) is 15.4. The maximum Gasteiger partial charge on any atom is 0.410 e. The zero-order valence-electron chi connectivity index (χ0n) is 29.0. The summed E-state index contributed by atoms with van der Waals surface area (Å²) in [6.45, 7) is 3.69. The molecule has 3 aromatic rings. The quantitative estimate of drug-likeness (QED) is 0.370. The number of nitrogens with zero attached hydrogens (tertiary/aromatic N) is 1. The molecular weight excluding hydrogens is 466 g/mol. The smallest absolute Gasteiger partial charge is 0.410 e. The highest BCUT2D eigenvalue weighted by Gasteiger charge is 2.19. The van der Waals surface area contributed by atoms with Crippen LogP contribution in [0.4, 0.5) is 21.0 Å². The van der Waals surface area contributed by atoms with E-state index in [0.717, 1.165) is 55.7 Å². The molecule has 0 atom stereocenters. The van der Waals surface area contributed by atoms with Crippen molar-refractivity contribution in [1.29, 1.82) is 0 Å². The van der Waals surface area contributed by atoms with Crippen LogP contribution in [0.3, 0.4) is 0 Å². The first-order chi connectivity index (χ1) is 22.0. The number of rotatable bonds is 3. The van der Waals surface area contributed by atoms with E-state index in [1.54, 1.807) is 4.90 Å². The van der Waals surface area contributed by atoms with Gasteiger partial charge in [-0.3, -0.25) is 0 Å².